The third kappa shape index (κ3) is 8.18. The molecular formula is C26H46O3. The van der Waals surface area contributed by atoms with E-state index in [0.717, 1.165) is 6.42 Å². The molecule has 0 aliphatic rings. The zero-order valence-electron chi connectivity index (χ0n) is 21.1. The van der Waals surface area contributed by atoms with Crippen molar-refractivity contribution in [2.45, 2.75) is 95.9 Å². The smallest absolute Gasteiger partial charge is 0.155 e. The number of Topliss-reactive ketones (excluding diaryl/α,β-unsaturated/α-hetero) is 3. The summed E-state index contributed by atoms with van der Waals surface area (Å²) in [6, 6.07) is 0. The molecule has 4 unspecified atom stereocenters. The highest BCUT2D eigenvalue weighted by molar-refractivity contribution is 5.93. The molecule has 0 N–H and O–H groups in total. The van der Waals surface area contributed by atoms with E-state index in [1.165, 1.54) is 0 Å². The van der Waals surface area contributed by atoms with E-state index in [-0.39, 0.29) is 57.8 Å². The fourth-order valence-electron chi connectivity index (χ4n) is 4.33. The molecule has 0 fully saturated rings. The van der Waals surface area contributed by atoms with Gasteiger partial charge in [0.15, 0.2) is 5.78 Å². The maximum atomic E-state index is 13.6. The highest BCUT2D eigenvalue weighted by Gasteiger charge is 2.40. The van der Waals surface area contributed by atoms with Crippen LogP contribution in [-0.4, -0.2) is 17.3 Å². The molecule has 29 heavy (non-hydrogen) atoms. The molecule has 0 aliphatic heterocycles. The van der Waals surface area contributed by atoms with Crippen LogP contribution < -0.4 is 0 Å². The van der Waals surface area contributed by atoms with Gasteiger partial charge < -0.3 is 0 Å². The molecule has 0 saturated carbocycles. The Bertz CT molecular complexity index is 611. The second kappa shape index (κ2) is 10.7. The predicted octanol–water partition coefficient (Wildman–Crippen LogP) is 6.69. The molecule has 0 rings (SSSR count). The van der Waals surface area contributed by atoms with Crippen molar-refractivity contribution in [3.8, 4) is 0 Å². The molecule has 3 nitrogen and oxygen atoms in total. The highest BCUT2D eigenvalue weighted by atomic mass is 16.1. The lowest BCUT2D eigenvalue weighted by Crippen LogP contribution is -2.39. The second-order valence-corrected chi connectivity index (χ2v) is 11.3. The van der Waals surface area contributed by atoms with Crippen LogP contribution in [0.25, 0.3) is 0 Å². The first-order valence-electron chi connectivity index (χ1n) is 11.2. The maximum absolute atomic E-state index is 13.6. The van der Waals surface area contributed by atoms with Crippen LogP contribution in [0.3, 0.4) is 0 Å². The van der Waals surface area contributed by atoms with Crippen molar-refractivity contribution in [1.29, 1.82) is 0 Å². The average molecular weight is 407 g/mol. The summed E-state index contributed by atoms with van der Waals surface area (Å²) in [5.74, 6) is -0.0267. The summed E-state index contributed by atoms with van der Waals surface area (Å²) in [5.41, 5.74) is 0.300. The maximum Gasteiger partial charge on any atom is 0.155 e. The van der Waals surface area contributed by atoms with Gasteiger partial charge in [0, 0.05) is 24.2 Å². The van der Waals surface area contributed by atoms with Gasteiger partial charge in [-0.1, -0.05) is 75.3 Å². The van der Waals surface area contributed by atoms with Gasteiger partial charge in [-0.05, 0) is 48.5 Å². The van der Waals surface area contributed by atoms with Gasteiger partial charge in [-0.25, -0.2) is 0 Å². The minimum Gasteiger partial charge on any atom is -0.299 e. The first kappa shape index (κ1) is 27.8. The van der Waals surface area contributed by atoms with Crippen LogP contribution in [-0.2, 0) is 14.4 Å². The lowest BCUT2D eigenvalue weighted by atomic mass is 9.66. The standard InChI is InChI=1S/C26H46O3/c1-13-21(25(7,8)9)23(28)15-22(26(10,11)12)24(29)18(5)20(16(2)3)14-17(4)19(6)27/h14,16,18,20-22H,13,15H2,1-12H3/b17-14+. The predicted molar refractivity (Wildman–Crippen MR) is 123 cm³/mol. The number of hydrogen-bond donors (Lipinski definition) is 0. The largest absolute Gasteiger partial charge is 0.299 e. The third-order valence-corrected chi connectivity index (χ3v) is 6.43. The van der Waals surface area contributed by atoms with Crippen molar-refractivity contribution in [2.24, 2.45) is 40.4 Å². The zero-order valence-corrected chi connectivity index (χ0v) is 21.1. The molecule has 4 atom stereocenters. The fraction of sp³-hybridized carbons (Fsp3) is 0.808. The molecule has 0 heterocycles. The number of carbonyl (C=O) groups is 3. The summed E-state index contributed by atoms with van der Waals surface area (Å²) in [6.07, 6.45) is 3.04. The molecule has 168 valence electrons. The Morgan fingerprint density at radius 3 is 1.59 bits per heavy atom. The summed E-state index contributed by atoms with van der Waals surface area (Å²) in [4.78, 5) is 38.5. The van der Waals surface area contributed by atoms with E-state index >= 15 is 0 Å². The molecule has 0 radical (unpaired) electrons. The van der Waals surface area contributed by atoms with Crippen LogP contribution in [0.2, 0.25) is 0 Å². The van der Waals surface area contributed by atoms with Crippen molar-refractivity contribution in [3.63, 3.8) is 0 Å². The summed E-state index contributed by atoms with van der Waals surface area (Å²) < 4.78 is 0. The Kier molecular flexibility index (Phi) is 10.2. The van der Waals surface area contributed by atoms with Gasteiger partial charge in [-0.3, -0.25) is 14.4 Å². The van der Waals surface area contributed by atoms with Crippen molar-refractivity contribution in [2.75, 3.05) is 0 Å². The van der Waals surface area contributed by atoms with Gasteiger partial charge in [0.05, 0.1) is 0 Å². The molecule has 3 heteroatoms. The summed E-state index contributed by atoms with van der Waals surface area (Å²) in [6.45, 7) is 24.0. The monoisotopic (exact) mass is 406 g/mol. The SMILES string of the molecule is CCC(C(=O)CC(C(=O)C(C)C(/C=C(\C)C(C)=O)C(C)C)C(C)(C)C)C(C)(C)C. The van der Waals surface area contributed by atoms with Crippen molar-refractivity contribution >= 4 is 17.3 Å². The Hall–Kier alpha value is -1.25. The fourth-order valence-corrected chi connectivity index (χ4v) is 4.33. The number of allylic oxidation sites excluding steroid dienone is 2. The minimum absolute atomic E-state index is 0.0176. The average Bonchev–Trinajstić information content (AvgIpc) is 2.53. The molecule has 0 amide bonds. The van der Waals surface area contributed by atoms with Crippen molar-refractivity contribution in [1.82, 2.24) is 0 Å². The zero-order chi connectivity index (χ0) is 23.3. The van der Waals surface area contributed by atoms with Crippen molar-refractivity contribution < 1.29 is 14.4 Å². The molecule has 0 aromatic carbocycles. The first-order valence-corrected chi connectivity index (χ1v) is 11.2. The minimum atomic E-state index is -0.325. The summed E-state index contributed by atoms with van der Waals surface area (Å²) in [7, 11) is 0. The molecule has 0 aliphatic carbocycles. The number of rotatable bonds is 10. The summed E-state index contributed by atoms with van der Waals surface area (Å²) in [5, 5.41) is 0. The van der Waals surface area contributed by atoms with Crippen LogP contribution in [0, 0.1) is 40.4 Å². The van der Waals surface area contributed by atoms with Gasteiger partial charge in [0.2, 0.25) is 0 Å². The normalized spacial score (nSPS) is 17.6. The van der Waals surface area contributed by atoms with Crippen LogP contribution in [0.15, 0.2) is 11.6 Å². The third-order valence-electron chi connectivity index (χ3n) is 6.43. The van der Waals surface area contributed by atoms with E-state index in [9.17, 15) is 14.4 Å². The van der Waals surface area contributed by atoms with E-state index in [2.05, 4.69) is 62.3 Å². The molecule has 0 spiro atoms. The van der Waals surface area contributed by atoms with Crippen LogP contribution in [0.1, 0.15) is 95.9 Å². The number of hydrogen-bond acceptors (Lipinski definition) is 3. The Balaban J connectivity index is 5.89. The number of carbonyl (C=O) groups excluding carboxylic acids is 3. The van der Waals surface area contributed by atoms with Gasteiger partial charge in [0.25, 0.3) is 0 Å². The lowest BCUT2D eigenvalue weighted by molar-refractivity contribution is -0.137. The van der Waals surface area contributed by atoms with E-state index in [1.54, 1.807) is 6.92 Å². The van der Waals surface area contributed by atoms with Gasteiger partial charge >= 0.3 is 0 Å². The molecular weight excluding hydrogens is 360 g/mol. The van der Waals surface area contributed by atoms with Crippen LogP contribution >= 0.6 is 0 Å². The molecule has 0 aromatic rings. The molecule has 0 saturated heterocycles. The van der Waals surface area contributed by atoms with Gasteiger partial charge in [0.1, 0.15) is 11.6 Å². The van der Waals surface area contributed by atoms with Crippen LogP contribution in [0.4, 0.5) is 0 Å². The quantitative estimate of drug-likeness (QED) is 0.380. The van der Waals surface area contributed by atoms with Crippen molar-refractivity contribution in [3.05, 3.63) is 11.6 Å². The topological polar surface area (TPSA) is 51.2 Å². The van der Waals surface area contributed by atoms with Crippen LogP contribution in [0.5, 0.6) is 0 Å². The Morgan fingerprint density at radius 1 is 0.828 bits per heavy atom. The van der Waals surface area contributed by atoms with E-state index in [4.69, 9.17) is 0 Å². The molecule has 0 bridgehead atoms. The van der Waals surface area contributed by atoms with Gasteiger partial charge in [-0.2, -0.15) is 0 Å². The Labute approximate surface area is 180 Å². The number of ketones is 3. The second-order valence-electron chi connectivity index (χ2n) is 11.3. The lowest BCUT2D eigenvalue weighted by Gasteiger charge is -2.36. The summed E-state index contributed by atoms with van der Waals surface area (Å²) >= 11 is 0. The molecule has 0 aromatic heterocycles. The van der Waals surface area contributed by atoms with E-state index < -0.39 is 0 Å². The van der Waals surface area contributed by atoms with Gasteiger partial charge in [-0.15, -0.1) is 0 Å². The van der Waals surface area contributed by atoms with E-state index in [1.807, 2.05) is 19.9 Å². The first-order chi connectivity index (χ1) is 12.9. The highest BCUT2D eigenvalue weighted by Crippen LogP contribution is 2.38. The Morgan fingerprint density at radius 2 is 1.28 bits per heavy atom. The van der Waals surface area contributed by atoms with E-state index in [0.29, 0.717) is 12.0 Å².